The van der Waals surface area contributed by atoms with E-state index in [4.69, 9.17) is 9.47 Å². The van der Waals surface area contributed by atoms with Gasteiger partial charge in [-0.15, -0.1) is 0 Å². The summed E-state index contributed by atoms with van der Waals surface area (Å²) in [6.45, 7) is 0. The minimum absolute atomic E-state index is 0.0736. The summed E-state index contributed by atoms with van der Waals surface area (Å²) in [5, 5.41) is 2.78. The average Bonchev–Trinajstić information content (AvgIpc) is 3.20. The Labute approximate surface area is 184 Å². The molecule has 3 rings (SSSR count). The summed E-state index contributed by atoms with van der Waals surface area (Å²) in [4.78, 5) is 12.2. The molecule has 0 aromatic heterocycles. The van der Waals surface area contributed by atoms with Gasteiger partial charge in [-0.05, 0) is 71.1 Å². The quantitative estimate of drug-likeness (QED) is 0.524. The number of benzene rings is 2. The Bertz CT molecular complexity index is 1070. The molecule has 160 valence electrons. The van der Waals surface area contributed by atoms with Crippen molar-refractivity contribution < 1.29 is 22.7 Å². The number of rotatable bonds is 8. The molecule has 7 nitrogen and oxygen atoms in total. The summed E-state index contributed by atoms with van der Waals surface area (Å²) >= 11 is 3.34. The number of sulfonamides is 1. The van der Waals surface area contributed by atoms with E-state index in [-0.39, 0.29) is 22.5 Å². The van der Waals surface area contributed by atoms with E-state index in [2.05, 4.69) is 32.0 Å². The minimum atomic E-state index is -3.97. The number of anilines is 2. The lowest BCUT2D eigenvalue weighted by Gasteiger charge is -2.15. The van der Waals surface area contributed by atoms with Crippen molar-refractivity contribution in [1.29, 1.82) is 0 Å². The van der Waals surface area contributed by atoms with Crippen LogP contribution in [-0.2, 0) is 14.8 Å². The van der Waals surface area contributed by atoms with Crippen molar-refractivity contribution in [3.63, 3.8) is 0 Å². The van der Waals surface area contributed by atoms with Crippen LogP contribution in [0.3, 0.4) is 0 Å². The Morgan fingerprint density at radius 3 is 2.43 bits per heavy atom. The number of hydrogen-bond acceptors (Lipinski definition) is 5. The zero-order chi connectivity index (χ0) is 21.7. The Balaban J connectivity index is 1.81. The molecule has 30 heavy (non-hydrogen) atoms. The molecule has 2 N–H and O–H groups in total. The molecule has 0 fully saturated rings. The number of amides is 1. The van der Waals surface area contributed by atoms with Gasteiger partial charge in [0.2, 0.25) is 5.91 Å². The largest absolute Gasteiger partial charge is 0.496 e. The maximum absolute atomic E-state index is 13.0. The van der Waals surface area contributed by atoms with Gasteiger partial charge in [0.1, 0.15) is 16.4 Å². The fraction of sp³-hybridized carbons (Fsp3) is 0.286. The van der Waals surface area contributed by atoms with Crippen LogP contribution >= 0.6 is 15.9 Å². The average molecular weight is 495 g/mol. The molecule has 0 heterocycles. The zero-order valence-electron chi connectivity index (χ0n) is 16.6. The third-order valence-corrected chi connectivity index (χ3v) is 6.72. The number of nitrogens with one attached hydrogen (secondary N) is 2. The molecule has 0 saturated carbocycles. The SMILES string of the molecule is COc1ccc(NS(=O)(=O)c2cc(NC(=O)C[C@@H]3C=CCC3)ccc2OC)cc1Br. The van der Waals surface area contributed by atoms with Crippen LogP contribution in [0, 0.1) is 5.92 Å². The highest BCUT2D eigenvalue weighted by atomic mass is 79.9. The van der Waals surface area contributed by atoms with Crippen molar-refractivity contribution in [2.45, 2.75) is 24.2 Å². The van der Waals surface area contributed by atoms with Gasteiger partial charge in [0, 0.05) is 12.1 Å². The first-order valence-electron chi connectivity index (χ1n) is 9.33. The third kappa shape index (κ3) is 5.34. The van der Waals surface area contributed by atoms with E-state index >= 15 is 0 Å². The van der Waals surface area contributed by atoms with Gasteiger partial charge >= 0.3 is 0 Å². The van der Waals surface area contributed by atoms with Crippen molar-refractivity contribution in [3.05, 3.63) is 53.0 Å². The lowest BCUT2D eigenvalue weighted by molar-refractivity contribution is -0.116. The highest BCUT2D eigenvalue weighted by Gasteiger charge is 2.22. The van der Waals surface area contributed by atoms with E-state index < -0.39 is 10.0 Å². The number of carbonyl (C=O) groups is 1. The van der Waals surface area contributed by atoms with E-state index in [1.807, 2.05) is 6.08 Å². The molecule has 0 aliphatic heterocycles. The molecule has 1 atom stereocenters. The van der Waals surface area contributed by atoms with Gasteiger partial charge in [-0.3, -0.25) is 9.52 Å². The summed E-state index contributed by atoms with van der Waals surface area (Å²) in [5.74, 6) is 0.817. The van der Waals surface area contributed by atoms with Crippen LogP contribution in [0.15, 0.2) is 57.9 Å². The molecular formula is C21H23BrN2O5S. The Morgan fingerprint density at radius 2 is 1.80 bits per heavy atom. The first kappa shape index (κ1) is 22.2. The standard InChI is InChI=1S/C21H23BrN2O5S/c1-28-18-9-8-16(12-17(18)22)24-30(26,27)20-13-15(7-10-19(20)29-2)23-21(25)11-14-5-3-4-6-14/h3,5,7-10,12-14,24H,4,6,11H2,1-2H3,(H,23,25)/t14-/m1/s1. The summed E-state index contributed by atoms with van der Waals surface area (Å²) in [6, 6.07) is 9.36. The van der Waals surface area contributed by atoms with Crippen LogP contribution in [-0.4, -0.2) is 28.5 Å². The topological polar surface area (TPSA) is 93.7 Å². The first-order chi connectivity index (χ1) is 14.3. The fourth-order valence-electron chi connectivity index (χ4n) is 3.22. The Kier molecular flexibility index (Phi) is 7.04. The molecule has 1 aliphatic rings. The predicted octanol–water partition coefficient (Wildman–Crippen LogP) is 4.56. The number of allylic oxidation sites excluding steroid dienone is 2. The molecule has 0 unspecified atom stereocenters. The smallest absolute Gasteiger partial charge is 0.265 e. The second-order valence-electron chi connectivity index (χ2n) is 6.84. The van der Waals surface area contributed by atoms with Gasteiger partial charge in [-0.2, -0.15) is 0 Å². The number of ether oxygens (including phenoxy) is 2. The first-order valence-corrected chi connectivity index (χ1v) is 11.6. The second kappa shape index (κ2) is 9.53. The van der Waals surface area contributed by atoms with Crippen molar-refractivity contribution in [2.24, 2.45) is 5.92 Å². The molecule has 0 bridgehead atoms. The monoisotopic (exact) mass is 494 g/mol. The lowest BCUT2D eigenvalue weighted by atomic mass is 10.1. The van der Waals surface area contributed by atoms with Crippen molar-refractivity contribution in [1.82, 2.24) is 0 Å². The highest BCUT2D eigenvalue weighted by Crippen LogP contribution is 2.32. The molecule has 0 spiro atoms. The predicted molar refractivity (Wildman–Crippen MR) is 120 cm³/mol. The van der Waals surface area contributed by atoms with Crippen LogP contribution in [0.4, 0.5) is 11.4 Å². The molecule has 2 aromatic carbocycles. The van der Waals surface area contributed by atoms with Gasteiger partial charge in [-0.1, -0.05) is 12.2 Å². The van der Waals surface area contributed by atoms with Crippen LogP contribution in [0.25, 0.3) is 0 Å². The zero-order valence-corrected chi connectivity index (χ0v) is 19.0. The summed E-state index contributed by atoms with van der Waals surface area (Å²) in [6.07, 6.45) is 6.41. The Hall–Kier alpha value is -2.52. The second-order valence-corrected chi connectivity index (χ2v) is 9.34. The van der Waals surface area contributed by atoms with E-state index in [1.165, 1.54) is 26.4 Å². The van der Waals surface area contributed by atoms with Gasteiger partial charge in [0.05, 0.1) is 24.4 Å². The van der Waals surface area contributed by atoms with Crippen LogP contribution in [0.2, 0.25) is 0 Å². The van der Waals surface area contributed by atoms with E-state index in [0.717, 1.165) is 12.8 Å². The summed E-state index contributed by atoms with van der Waals surface area (Å²) in [7, 11) is -1.05. The molecule has 1 amide bonds. The van der Waals surface area contributed by atoms with E-state index in [0.29, 0.717) is 28.0 Å². The molecule has 9 heteroatoms. The van der Waals surface area contributed by atoms with Gasteiger partial charge in [0.25, 0.3) is 10.0 Å². The maximum atomic E-state index is 13.0. The maximum Gasteiger partial charge on any atom is 0.265 e. The Morgan fingerprint density at radius 1 is 1.10 bits per heavy atom. The molecule has 0 saturated heterocycles. The van der Waals surface area contributed by atoms with Crippen LogP contribution in [0.1, 0.15) is 19.3 Å². The fourth-order valence-corrected chi connectivity index (χ4v) is 5.01. The van der Waals surface area contributed by atoms with Gasteiger partial charge < -0.3 is 14.8 Å². The number of halogens is 1. The number of methoxy groups -OCH3 is 2. The highest BCUT2D eigenvalue weighted by molar-refractivity contribution is 9.10. The normalized spacial score (nSPS) is 15.6. The molecule has 2 aromatic rings. The molecule has 0 radical (unpaired) electrons. The molecular weight excluding hydrogens is 472 g/mol. The van der Waals surface area contributed by atoms with Crippen molar-refractivity contribution >= 4 is 43.2 Å². The van der Waals surface area contributed by atoms with E-state index in [9.17, 15) is 13.2 Å². The van der Waals surface area contributed by atoms with Crippen LogP contribution < -0.4 is 19.5 Å². The summed E-state index contributed by atoms with van der Waals surface area (Å²) < 4.78 is 39.5. The van der Waals surface area contributed by atoms with Crippen molar-refractivity contribution in [2.75, 3.05) is 24.3 Å². The summed E-state index contributed by atoms with van der Waals surface area (Å²) in [5.41, 5.74) is 0.742. The van der Waals surface area contributed by atoms with Crippen molar-refractivity contribution in [3.8, 4) is 11.5 Å². The number of hydrogen-bond donors (Lipinski definition) is 2. The van der Waals surface area contributed by atoms with Gasteiger partial charge in [-0.25, -0.2) is 8.42 Å². The van der Waals surface area contributed by atoms with Crippen LogP contribution in [0.5, 0.6) is 11.5 Å². The van der Waals surface area contributed by atoms with E-state index in [1.54, 1.807) is 24.3 Å². The third-order valence-electron chi connectivity index (χ3n) is 4.70. The minimum Gasteiger partial charge on any atom is -0.496 e. The van der Waals surface area contributed by atoms with Gasteiger partial charge in [0.15, 0.2) is 0 Å². The number of carbonyl (C=O) groups excluding carboxylic acids is 1. The molecule has 1 aliphatic carbocycles. The lowest BCUT2D eigenvalue weighted by Crippen LogP contribution is -2.17.